The van der Waals surface area contributed by atoms with E-state index >= 15 is 0 Å². The van der Waals surface area contributed by atoms with Gasteiger partial charge in [0.15, 0.2) is 0 Å². The molecule has 0 heterocycles. The van der Waals surface area contributed by atoms with Crippen molar-refractivity contribution in [3.8, 4) is 11.8 Å². The topological polar surface area (TPSA) is 20.2 Å². The van der Waals surface area contributed by atoms with Crippen LogP contribution in [0.2, 0.25) is 0 Å². The van der Waals surface area contributed by atoms with Crippen molar-refractivity contribution in [3.63, 3.8) is 0 Å². The summed E-state index contributed by atoms with van der Waals surface area (Å²) in [5.41, 5.74) is -0.662. The quantitative estimate of drug-likeness (QED) is 0.500. The van der Waals surface area contributed by atoms with E-state index in [2.05, 4.69) is 18.8 Å². The van der Waals surface area contributed by atoms with Crippen LogP contribution in [-0.4, -0.2) is 10.7 Å². The first-order valence-corrected chi connectivity index (χ1v) is 2.53. The maximum atomic E-state index is 9.02. The molecule has 0 saturated carbocycles. The lowest BCUT2D eigenvalue weighted by Gasteiger charge is -2.11. The van der Waals surface area contributed by atoms with Crippen molar-refractivity contribution in [2.24, 2.45) is 0 Å². The molecule has 0 aromatic rings. The monoisotopic (exact) mass is 111 g/mol. The van der Waals surface area contributed by atoms with Gasteiger partial charge in [0.25, 0.3) is 0 Å². The van der Waals surface area contributed by atoms with Crippen molar-refractivity contribution in [2.75, 3.05) is 0 Å². The van der Waals surface area contributed by atoms with E-state index < -0.39 is 5.60 Å². The van der Waals surface area contributed by atoms with Crippen LogP contribution in [0.25, 0.3) is 0 Å². The summed E-state index contributed by atoms with van der Waals surface area (Å²) in [6, 6.07) is 0. The molecule has 0 fully saturated rings. The van der Waals surface area contributed by atoms with E-state index in [0.29, 0.717) is 6.42 Å². The normalized spacial score (nSPS) is 10.0. The van der Waals surface area contributed by atoms with Gasteiger partial charge in [-0.15, -0.1) is 11.8 Å². The van der Waals surface area contributed by atoms with Crippen molar-refractivity contribution in [1.29, 1.82) is 0 Å². The fourth-order valence-corrected chi connectivity index (χ4v) is 0.279. The van der Waals surface area contributed by atoms with E-state index in [1.54, 1.807) is 13.8 Å². The second-order valence-corrected chi connectivity index (χ2v) is 2.34. The summed E-state index contributed by atoms with van der Waals surface area (Å²) < 4.78 is 0. The Balaban J connectivity index is 3.50. The minimum absolute atomic E-state index is 0.497. The molecule has 0 saturated heterocycles. The number of hydrogen-bond donors (Lipinski definition) is 1. The molecule has 0 bridgehead atoms. The highest BCUT2D eigenvalue weighted by Crippen LogP contribution is 2.04. The molecule has 0 amide bonds. The van der Waals surface area contributed by atoms with Gasteiger partial charge in [0, 0.05) is 13.3 Å². The average Bonchev–Trinajstić information content (AvgIpc) is 1.59. The Labute approximate surface area is 50.7 Å². The molecule has 1 N–H and O–H groups in total. The molecule has 45 valence electrons. The zero-order valence-electron chi connectivity index (χ0n) is 5.36. The Morgan fingerprint density at radius 3 is 2.25 bits per heavy atom. The standard InChI is InChI=1S/C7H11O/c1-4-5-6-7(2,3)8/h8H,1,6H2,2-3H3. The third-order valence-electron chi connectivity index (χ3n) is 0.646. The minimum Gasteiger partial charge on any atom is -0.389 e. The van der Waals surface area contributed by atoms with Gasteiger partial charge in [-0.2, -0.15) is 0 Å². The van der Waals surface area contributed by atoms with Crippen LogP contribution in [0.5, 0.6) is 0 Å². The van der Waals surface area contributed by atoms with Gasteiger partial charge in [0.1, 0.15) is 0 Å². The zero-order valence-corrected chi connectivity index (χ0v) is 5.36. The Morgan fingerprint density at radius 2 is 2.12 bits per heavy atom. The third kappa shape index (κ3) is 5.52. The molecule has 1 heteroatoms. The summed E-state index contributed by atoms with van der Waals surface area (Å²) in [7, 11) is 0. The molecule has 0 aromatic carbocycles. The average molecular weight is 111 g/mol. The van der Waals surface area contributed by atoms with Crippen LogP contribution < -0.4 is 0 Å². The molecule has 0 aliphatic rings. The summed E-state index contributed by atoms with van der Waals surface area (Å²) in [6.45, 7) is 6.76. The lowest BCUT2D eigenvalue weighted by atomic mass is 10.1. The molecular formula is C7H11O. The highest BCUT2D eigenvalue weighted by atomic mass is 16.3. The van der Waals surface area contributed by atoms with Crippen LogP contribution in [0.15, 0.2) is 0 Å². The third-order valence-corrected chi connectivity index (χ3v) is 0.646. The molecule has 1 nitrogen and oxygen atoms in total. The summed E-state index contributed by atoms with van der Waals surface area (Å²) >= 11 is 0. The van der Waals surface area contributed by atoms with Crippen LogP contribution in [0.3, 0.4) is 0 Å². The van der Waals surface area contributed by atoms with Gasteiger partial charge in [-0.1, -0.05) is 0 Å². The molecule has 0 aromatic heterocycles. The first-order chi connectivity index (χ1) is 3.56. The van der Waals surface area contributed by atoms with Gasteiger partial charge in [0.05, 0.1) is 5.60 Å². The number of aliphatic hydroxyl groups is 1. The van der Waals surface area contributed by atoms with Crippen molar-refractivity contribution >= 4 is 0 Å². The zero-order chi connectivity index (χ0) is 6.62. The highest BCUT2D eigenvalue weighted by molar-refractivity contribution is 5.03. The van der Waals surface area contributed by atoms with E-state index in [1.807, 2.05) is 0 Å². The molecule has 0 spiro atoms. The summed E-state index contributed by atoms with van der Waals surface area (Å²) in [5.74, 6) is 5.14. The van der Waals surface area contributed by atoms with Gasteiger partial charge in [0.2, 0.25) is 0 Å². The highest BCUT2D eigenvalue weighted by Gasteiger charge is 2.08. The molecular weight excluding hydrogens is 100 g/mol. The van der Waals surface area contributed by atoms with Crippen LogP contribution >= 0.6 is 0 Å². The fraction of sp³-hybridized carbons (Fsp3) is 0.571. The largest absolute Gasteiger partial charge is 0.389 e. The van der Waals surface area contributed by atoms with E-state index in [4.69, 9.17) is 5.11 Å². The van der Waals surface area contributed by atoms with Gasteiger partial charge < -0.3 is 5.11 Å². The van der Waals surface area contributed by atoms with Crippen molar-refractivity contribution in [1.82, 2.24) is 0 Å². The fourth-order valence-electron chi connectivity index (χ4n) is 0.279. The Kier molecular flexibility index (Phi) is 2.57. The summed E-state index contributed by atoms with van der Waals surface area (Å²) in [4.78, 5) is 0. The van der Waals surface area contributed by atoms with Crippen LogP contribution in [0.4, 0.5) is 0 Å². The molecule has 0 aliphatic heterocycles. The molecule has 0 atom stereocenters. The Bertz CT molecular complexity index is 109. The number of rotatable bonds is 1. The van der Waals surface area contributed by atoms with Crippen molar-refractivity contribution in [2.45, 2.75) is 25.9 Å². The maximum Gasteiger partial charge on any atom is 0.0700 e. The predicted molar refractivity (Wildman–Crippen MR) is 34.0 cm³/mol. The summed E-state index contributed by atoms with van der Waals surface area (Å²) in [6.07, 6.45) is 0.497. The Morgan fingerprint density at radius 1 is 1.62 bits per heavy atom. The van der Waals surface area contributed by atoms with E-state index in [9.17, 15) is 0 Å². The van der Waals surface area contributed by atoms with E-state index in [0.717, 1.165) is 0 Å². The smallest absolute Gasteiger partial charge is 0.0700 e. The van der Waals surface area contributed by atoms with Gasteiger partial charge in [-0.25, -0.2) is 0 Å². The van der Waals surface area contributed by atoms with Crippen molar-refractivity contribution in [3.05, 3.63) is 6.92 Å². The van der Waals surface area contributed by atoms with Gasteiger partial charge in [-0.3, -0.25) is 0 Å². The Hall–Kier alpha value is -0.480. The van der Waals surface area contributed by atoms with Gasteiger partial charge >= 0.3 is 0 Å². The summed E-state index contributed by atoms with van der Waals surface area (Å²) in [5, 5.41) is 9.02. The second-order valence-electron chi connectivity index (χ2n) is 2.34. The van der Waals surface area contributed by atoms with Crippen LogP contribution in [-0.2, 0) is 0 Å². The van der Waals surface area contributed by atoms with E-state index in [1.165, 1.54) is 0 Å². The maximum absolute atomic E-state index is 9.02. The SMILES string of the molecule is [CH2]C#CCC(C)(C)O. The van der Waals surface area contributed by atoms with Crippen molar-refractivity contribution < 1.29 is 5.11 Å². The lowest BCUT2D eigenvalue weighted by molar-refractivity contribution is 0.0862. The predicted octanol–water partition coefficient (Wildman–Crippen LogP) is 0.985. The van der Waals surface area contributed by atoms with Crippen LogP contribution in [0, 0.1) is 18.8 Å². The van der Waals surface area contributed by atoms with Gasteiger partial charge in [-0.05, 0) is 13.8 Å². The first kappa shape index (κ1) is 7.52. The molecule has 0 rings (SSSR count). The molecule has 0 aliphatic carbocycles. The first-order valence-electron chi connectivity index (χ1n) is 2.53. The molecule has 8 heavy (non-hydrogen) atoms. The minimum atomic E-state index is -0.662. The molecule has 0 unspecified atom stereocenters. The van der Waals surface area contributed by atoms with E-state index in [-0.39, 0.29) is 0 Å². The lowest BCUT2D eigenvalue weighted by Crippen LogP contribution is -2.16. The number of hydrogen-bond acceptors (Lipinski definition) is 1. The molecule has 1 radical (unpaired) electrons. The second kappa shape index (κ2) is 2.74. The van der Waals surface area contributed by atoms with Crippen LogP contribution in [0.1, 0.15) is 20.3 Å².